The number of carbonyl (C=O) groups excluding carboxylic acids is 3. The minimum atomic E-state index is -0.644. The van der Waals surface area contributed by atoms with Crippen molar-refractivity contribution in [2.45, 2.75) is 83.8 Å². The molecule has 1 fully saturated rings. The lowest BCUT2D eigenvalue weighted by Crippen LogP contribution is -2.47. The number of nitrogens with one attached hydrogen (secondary N) is 1. The van der Waals surface area contributed by atoms with Crippen LogP contribution in [0.5, 0.6) is 0 Å². The van der Waals surface area contributed by atoms with Gasteiger partial charge >= 0.3 is 6.09 Å². The monoisotopic (exact) mass is 555 g/mol. The fraction of sp³-hybridized carbons (Fsp3) is 0.552. The first kappa shape index (κ1) is 28.8. The number of amides is 3. The molecule has 3 heterocycles. The van der Waals surface area contributed by atoms with Gasteiger partial charge in [0.1, 0.15) is 17.7 Å². The second kappa shape index (κ2) is 11.9. The number of halogens is 1. The predicted molar refractivity (Wildman–Crippen MR) is 150 cm³/mol. The maximum atomic E-state index is 14.0. The summed E-state index contributed by atoms with van der Waals surface area (Å²) in [5.74, 6) is 0.178. The van der Waals surface area contributed by atoms with Gasteiger partial charge in [-0.05, 0) is 71.6 Å². The standard InChI is InChI=1S/C29H38ClN5O4/c1-18(2)35(28(38)39-29(3,4)5)16-23(19-6-8-21(30)9-7-19)27(37)34-14-12-20(13-15-34)25-22-10-11-24(36)33-26(22)32-17-31-25/h6-9,17-18,20,23H,10-16H2,1-5H3,(H,31,32,33,36)/t23-/m1/s1. The second-order valence-corrected chi connectivity index (χ2v) is 12.0. The van der Waals surface area contributed by atoms with Crippen molar-refractivity contribution in [1.82, 2.24) is 19.8 Å². The van der Waals surface area contributed by atoms with E-state index in [-0.39, 0.29) is 30.3 Å². The van der Waals surface area contributed by atoms with Crippen molar-refractivity contribution in [3.63, 3.8) is 0 Å². The van der Waals surface area contributed by atoms with Crippen molar-refractivity contribution in [2.75, 3.05) is 25.0 Å². The maximum Gasteiger partial charge on any atom is 0.410 e. The summed E-state index contributed by atoms with van der Waals surface area (Å²) in [6, 6.07) is 7.10. The van der Waals surface area contributed by atoms with Crippen LogP contribution in [-0.2, 0) is 20.7 Å². The number of hydrogen-bond acceptors (Lipinski definition) is 6. The Morgan fingerprint density at radius 3 is 2.41 bits per heavy atom. The van der Waals surface area contributed by atoms with E-state index in [9.17, 15) is 14.4 Å². The van der Waals surface area contributed by atoms with Crippen molar-refractivity contribution >= 4 is 35.3 Å². The molecule has 1 atom stereocenters. The van der Waals surface area contributed by atoms with Crippen LogP contribution in [0.15, 0.2) is 30.6 Å². The molecule has 1 aromatic heterocycles. The van der Waals surface area contributed by atoms with E-state index in [2.05, 4.69) is 15.3 Å². The minimum Gasteiger partial charge on any atom is -0.444 e. The predicted octanol–water partition coefficient (Wildman–Crippen LogP) is 5.15. The smallest absolute Gasteiger partial charge is 0.410 e. The number of ether oxygens (including phenoxy) is 1. The van der Waals surface area contributed by atoms with Gasteiger partial charge in [0.15, 0.2) is 0 Å². The Hall–Kier alpha value is -3.20. The third-order valence-electron chi connectivity index (χ3n) is 7.23. The van der Waals surface area contributed by atoms with Crippen molar-refractivity contribution in [3.8, 4) is 0 Å². The molecule has 210 valence electrons. The Bertz CT molecular complexity index is 1200. The highest BCUT2D eigenvalue weighted by Crippen LogP contribution is 2.34. The second-order valence-electron chi connectivity index (χ2n) is 11.6. The molecule has 1 saturated heterocycles. The van der Waals surface area contributed by atoms with Gasteiger partial charge in [-0.1, -0.05) is 23.7 Å². The molecule has 2 aromatic rings. The number of anilines is 1. The van der Waals surface area contributed by atoms with Gasteiger partial charge < -0.3 is 19.9 Å². The van der Waals surface area contributed by atoms with E-state index in [1.54, 1.807) is 17.0 Å². The number of carbonyl (C=O) groups is 3. The molecule has 9 nitrogen and oxygen atoms in total. The van der Waals surface area contributed by atoms with E-state index in [0.29, 0.717) is 36.8 Å². The molecule has 1 aromatic carbocycles. The molecular weight excluding hydrogens is 518 g/mol. The van der Waals surface area contributed by atoms with Gasteiger partial charge in [-0.15, -0.1) is 0 Å². The van der Waals surface area contributed by atoms with Crippen LogP contribution < -0.4 is 5.32 Å². The lowest BCUT2D eigenvalue weighted by atomic mass is 9.87. The molecule has 1 N–H and O–H groups in total. The molecule has 10 heteroatoms. The van der Waals surface area contributed by atoms with Crippen molar-refractivity contribution in [3.05, 3.63) is 52.4 Å². The fourth-order valence-corrected chi connectivity index (χ4v) is 5.32. The average Bonchev–Trinajstić information content (AvgIpc) is 2.88. The van der Waals surface area contributed by atoms with Gasteiger partial charge in [0.25, 0.3) is 0 Å². The molecule has 0 unspecified atom stereocenters. The molecule has 2 aliphatic heterocycles. The number of aromatic nitrogens is 2. The third kappa shape index (κ3) is 7.06. The number of nitrogens with zero attached hydrogens (tertiary/aromatic N) is 4. The Labute approximate surface area is 235 Å². The van der Waals surface area contributed by atoms with E-state index >= 15 is 0 Å². The van der Waals surface area contributed by atoms with Crippen LogP contribution in [0.25, 0.3) is 0 Å². The van der Waals surface area contributed by atoms with Crippen LogP contribution in [0.3, 0.4) is 0 Å². The SMILES string of the molecule is CC(C)N(C[C@@H](C(=O)N1CCC(c2ncnc3c2CCC(=O)N3)CC1)c1ccc(Cl)cc1)C(=O)OC(C)(C)C. The first-order valence-electron chi connectivity index (χ1n) is 13.6. The van der Waals surface area contributed by atoms with Crippen LogP contribution in [0.1, 0.15) is 82.5 Å². The number of hydrogen-bond donors (Lipinski definition) is 1. The maximum absolute atomic E-state index is 14.0. The summed E-state index contributed by atoms with van der Waals surface area (Å²) in [6.07, 6.45) is 3.64. The zero-order valence-corrected chi connectivity index (χ0v) is 24.1. The van der Waals surface area contributed by atoms with Crippen LogP contribution in [0, 0.1) is 0 Å². The number of piperidine rings is 1. The summed E-state index contributed by atoms with van der Waals surface area (Å²) in [5.41, 5.74) is 2.14. The minimum absolute atomic E-state index is 0.0253. The van der Waals surface area contributed by atoms with Gasteiger partial charge in [0, 0.05) is 48.6 Å². The van der Waals surface area contributed by atoms with E-state index < -0.39 is 17.6 Å². The van der Waals surface area contributed by atoms with Crippen molar-refractivity contribution < 1.29 is 19.1 Å². The van der Waals surface area contributed by atoms with Crippen molar-refractivity contribution in [1.29, 1.82) is 0 Å². The summed E-state index contributed by atoms with van der Waals surface area (Å²) in [5, 5.41) is 3.43. The first-order chi connectivity index (χ1) is 18.4. The van der Waals surface area contributed by atoms with E-state index in [0.717, 1.165) is 29.7 Å². The Morgan fingerprint density at radius 1 is 1.13 bits per heavy atom. The normalized spacial score (nSPS) is 16.9. The number of likely N-dealkylation sites (tertiary alicyclic amines) is 1. The zero-order valence-electron chi connectivity index (χ0n) is 23.4. The highest BCUT2D eigenvalue weighted by Gasteiger charge is 2.35. The third-order valence-corrected chi connectivity index (χ3v) is 7.48. The Balaban J connectivity index is 1.52. The molecule has 0 saturated carbocycles. The van der Waals surface area contributed by atoms with Gasteiger partial charge in [-0.3, -0.25) is 9.59 Å². The summed E-state index contributed by atoms with van der Waals surface area (Å²) < 4.78 is 5.66. The summed E-state index contributed by atoms with van der Waals surface area (Å²) in [6.45, 7) is 10.7. The average molecular weight is 556 g/mol. The highest BCUT2D eigenvalue weighted by atomic mass is 35.5. The van der Waals surface area contributed by atoms with Gasteiger partial charge in [-0.2, -0.15) is 0 Å². The first-order valence-corrected chi connectivity index (χ1v) is 14.0. The van der Waals surface area contributed by atoms with Crippen LogP contribution in [-0.4, -0.2) is 69.0 Å². The quantitative estimate of drug-likeness (QED) is 0.528. The molecular formula is C29H38ClN5O4. The van der Waals surface area contributed by atoms with E-state index in [1.807, 2.05) is 51.7 Å². The lowest BCUT2D eigenvalue weighted by Gasteiger charge is -2.37. The molecule has 0 spiro atoms. The summed E-state index contributed by atoms with van der Waals surface area (Å²) in [4.78, 5) is 51.2. The zero-order chi connectivity index (χ0) is 28.3. The molecule has 4 rings (SSSR count). The van der Waals surface area contributed by atoms with Crippen LogP contribution in [0.2, 0.25) is 5.02 Å². The summed E-state index contributed by atoms with van der Waals surface area (Å²) >= 11 is 6.14. The topological polar surface area (TPSA) is 105 Å². The molecule has 0 aliphatic carbocycles. The Kier molecular flexibility index (Phi) is 8.79. The molecule has 0 bridgehead atoms. The van der Waals surface area contributed by atoms with Gasteiger partial charge in [0.05, 0.1) is 11.6 Å². The van der Waals surface area contributed by atoms with Crippen LogP contribution in [0.4, 0.5) is 10.6 Å². The number of rotatable bonds is 6. The highest BCUT2D eigenvalue weighted by molar-refractivity contribution is 6.30. The lowest BCUT2D eigenvalue weighted by molar-refractivity contribution is -0.134. The van der Waals surface area contributed by atoms with E-state index in [1.165, 1.54) is 6.33 Å². The Morgan fingerprint density at radius 2 is 1.79 bits per heavy atom. The molecule has 39 heavy (non-hydrogen) atoms. The molecule has 0 radical (unpaired) electrons. The summed E-state index contributed by atoms with van der Waals surface area (Å²) in [7, 11) is 0. The van der Waals surface area contributed by atoms with E-state index in [4.69, 9.17) is 16.3 Å². The van der Waals surface area contributed by atoms with Crippen molar-refractivity contribution in [2.24, 2.45) is 0 Å². The van der Waals surface area contributed by atoms with Gasteiger partial charge in [0.2, 0.25) is 11.8 Å². The van der Waals surface area contributed by atoms with Gasteiger partial charge in [-0.25, -0.2) is 14.8 Å². The molecule has 3 amide bonds. The molecule has 2 aliphatic rings. The number of benzene rings is 1. The van der Waals surface area contributed by atoms with Crippen LogP contribution >= 0.6 is 11.6 Å². The fourth-order valence-electron chi connectivity index (χ4n) is 5.19. The number of fused-ring (bicyclic) bond motifs is 1. The largest absolute Gasteiger partial charge is 0.444 e.